The highest BCUT2D eigenvalue weighted by molar-refractivity contribution is 6.38. The maximum Gasteiger partial charge on any atom is 0.337 e. The van der Waals surface area contributed by atoms with Gasteiger partial charge in [-0.05, 0) is 35.4 Å². The Kier molecular flexibility index (Phi) is 5.36. The van der Waals surface area contributed by atoms with Crippen molar-refractivity contribution in [3.05, 3.63) is 73.2 Å². The molecule has 0 spiro atoms. The Bertz CT molecular complexity index is 762. The Hall–Kier alpha value is -2.37. The van der Waals surface area contributed by atoms with Gasteiger partial charge in [0.25, 0.3) is 0 Å². The molecule has 0 bridgehead atoms. The highest BCUT2D eigenvalue weighted by Crippen LogP contribution is 2.34. The molecule has 2 rings (SSSR count). The standard InChI is InChI=1S/C16H11Cl2NO4/c1-23-16(20)12-6-4-10(5-7-12)2-3-11-8-13(17)15(19(21)22)14(18)9-11/h2-9H,1H3/b3-2+. The van der Waals surface area contributed by atoms with Crippen molar-refractivity contribution in [1.82, 2.24) is 0 Å². The number of carbonyl (C=O) groups excluding carboxylic acids is 1. The zero-order chi connectivity index (χ0) is 17.0. The molecule has 23 heavy (non-hydrogen) atoms. The van der Waals surface area contributed by atoms with E-state index in [1.54, 1.807) is 36.4 Å². The van der Waals surface area contributed by atoms with E-state index in [1.165, 1.54) is 19.2 Å². The molecular formula is C16H11Cl2NO4. The van der Waals surface area contributed by atoms with Crippen molar-refractivity contribution in [2.75, 3.05) is 7.11 Å². The summed E-state index contributed by atoms with van der Waals surface area (Å²) < 4.78 is 4.62. The molecule has 7 heteroatoms. The van der Waals surface area contributed by atoms with Gasteiger partial charge < -0.3 is 4.74 Å². The first-order valence-corrected chi connectivity index (χ1v) is 7.18. The predicted octanol–water partition coefficient (Wildman–Crippen LogP) is 4.86. The minimum Gasteiger partial charge on any atom is -0.465 e. The lowest BCUT2D eigenvalue weighted by Crippen LogP contribution is -2.00. The SMILES string of the molecule is COC(=O)c1ccc(/C=C/c2cc(Cl)c([N+](=O)[O-])c(Cl)c2)cc1. The first kappa shape index (κ1) is 17.0. The number of nitrogens with zero attached hydrogens (tertiary/aromatic N) is 1. The van der Waals surface area contributed by atoms with Crippen molar-refractivity contribution >= 4 is 47.0 Å². The molecule has 0 amide bonds. The molecule has 0 aromatic heterocycles. The number of esters is 1. The van der Waals surface area contributed by atoms with Crippen molar-refractivity contribution in [1.29, 1.82) is 0 Å². The van der Waals surface area contributed by atoms with Crippen molar-refractivity contribution in [3.8, 4) is 0 Å². The summed E-state index contributed by atoms with van der Waals surface area (Å²) >= 11 is 11.7. The molecule has 0 saturated carbocycles. The summed E-state index contributed by atoms with van der Waals surface area (Å²) in [6.45, 7) is 0. The smallest absolute Gasteiger partial charge is 0.337 e. The molecule has 2 aromatic rings. The average molecular weight is 352 g/mol. The van der Waals surface area contributed by atoms with Gasteiger partial charge in [0.15, 0.2) is 0 Å². The van der Waals surface area contributed by atoms with E-state index in [0.29, 0.717) is 11.1 Å². The molecule has 0 fully saturated rings. The Balaban J connectivity index is 2.23. The molecule has 0 saturated heterocycles. The van der Waals surface area contributed by atoms with E-state index in [1.807, 2.05) is 0 Å². The number of hydrogen-bond acceptors (Lipinski definition) is 4. The van der Waals surface area contributed by atoms with Gasteiger partial charge in [-0.2, -0.15) is 0 Å². The highest BCUT2D eigenvalue weighted by Gasteiger charge is 2.18. The Morgan fingerprint density at radius 2 is 1.61 bits per heavy atom. The molecule has 5 nitrogen and oxygen atoms in total. The lowest BCUT2D eigenvalue weighted by molar-refractivity contribution is -0.384. The third-order valence-electron chi connectivity index (χ3n) is 3.02. The first-order valence-electron chi connectivity index (χ1n) is 6.42. The summed E-state index contributed by atoms with van der Waals surface area (Å²) in [7, 11) is 1.32. The van der Waals surface area contributed by atoms with Gasteiger partial charge in [-0.15, -0.1) is 0 Å². The summed E-state index contributed by atoms with van der Waals surface area (Å²) in [5.41, 5.74) is 1.60. The summed E-state index contributed by atoms with van der Waals surface area (Å²) in [5.74, 6) is -0.408. The maximum absolute atomic E-state index is 11.3. The minimum absolute atomic E-state index is 0.0248. The number of ether oxygens (including phenoxy) is 1. The second-order valence-electron chi connectivity index (χ2n) is 4.54. The van der Waals surface area contributed by atoms with Crippen molar-refractivity contribution in [2.24, 2.45) is 0 Å². The van der Waals surface area contributed by atoms with Crippen LogP contribution in [0.3, 0.4) is 0 Å². The van der Waals surface area contributed by atoms with Gasteiger partial charge in [-0.25, -0.2) is 4.79 Å². The van der Waals surface area contributed by atoms with Crippen molar-refractivity contribution in [2.45, 2.75) is 0 Å². The maximum atomic E-state index is 11.3. The zero-order valence-electron chi connectivity index (χ0n) is 12.0. The van der Waals surface area contributed by atoms with E-state index in [-0.39, 0.29) is 15.7 Å². The summed E-state index contributed by atoms with van der Waals surface area (Å²) in [5, 5.41) is 10.8. The number of carbonyl (C=O) groups is 1. The molecule has 0 heterocycles. The van der Waals surface area contributed by atoms with Gasteiger partial charge in [-0.3, -0.25) is 10.1 Å². The Labute approximate surface area is 142 Å². The number of rotatable bonds is 4. The third kappa shape index (κ3) is 4.09. The van der Waals surface area contributed by atoms with Crippen LogP contribution in [-0.2, 0) is 4.74 Å². The number of nitro groups is 1. The fourth-order valence-corrected chi connectivity index (χ4v) is 2.54. The van der Waals surface area contributed by atoms with Gasteiger partial charge in [0.2, 0.25) is 0 Å². The zero-order valence-corrected chi connectivity index (χ0v) is 13.5. The van der Waals surface area contributed by atoms with Gasteiger partial charge in [0.05, 0.1) is 17.6 Å². The third-order valence-corrected chi connectivity index (χ3v) is 3.60. The van der Waals surface area contributed by atoms with Crippen LogP contribution in [0.4, 0.5) is 5.69 Å². The van der Waals surface area contributed by atoms with Crippen LogP contribution in [0.1, 0.15) is 21.5 Å². The molecule has 0 atom stereocenters. The number of methoxy groups -OCH3 is 1. The van der Waals surface area contributed by atoms with E-state index < -0.39 is 10.9 Å². The van der Waals surface area contributed by atoms with Crippen LogP contribution >= 0.6 is 23.2 Å². The van der Waals surface area contributed by atoms with Crippen LogP contribution in [0.15, 0.2) is 36.4 Å². The largest absolute Gasteiger partial charge is 0.465 e. The van der Waals surface area contributed by atoms with Gasteiger partial charge in [0.1, 0.15) is 10.0 Å². The van der Waals surface area contributed by atoms with Crippen LogP contribution < -0.4 is 0 Å². The van der Waals surface area contributed by atoms with Gasteiger partial charge in [-0.1, -0.05) is 47.5 Å². The monoisotopic (exact) mass is 351 g/mol. The van der Waals surface area contributed by atoms with Crippen LogP contribution in [-0.4, -0.2) is 18.0 Å². The number of halogens is 2. The second kappa shape index (κ2) is 7.26. The van der Waals surface area contributed by atoms with E-state index in [9.17, 15) is 14.9 Å². The fraction of sp³-hybridized carbons (Fsp3) is 0.0625. The lowest BCUT2D eigenvalue weighted by atomic mass is 10.1. The molecule has 0 N–H and O–H groups in total. The van der Waals surface area contributed by atoms with Crippen molar-refractivity contribution < 1.29 is 14.5 Å². The van der Waals surface area contributed by atoms with Crippen molar-refractivity contribution in [3.63, 3.8) is 0 Å². The highest BCUT2D eigenvalue weighted by atomic mass is 35.5. The molecule has 0 unspecified atom stereocenters. The molecule has 118 valence electrons. The van der Waals surface area contributed by atoms with Gasteiger partial charge in [0, 0.05) is 0 Å². The van der Waals surface area contributed by atoms with Gasteiger partial charge >= 0.3 is 11.7 Å². The van der Waals surface area contributed by atoms with E-state index in [2.05, 4.69) is 4.74 Å². The van der Waals surface area contributed by atoms with E-state index in [0.717, 1.165) is 5.56 Å². The average Bonchev–Trinajstić information content (AvgIpc) is 2.51. The Morgan fingerprint density at radius 3 is 2.09 bits per heavy atom. The second-order valence-corrected chi connectivity index (χ2v) is 5.35. The van der Waals surface area contributed by atoms with Crippen LogP contribution in [0.5, 0.6) is 0 Å². The number of nitro benzene ring substituents is 1. The molecule has 0 aliphatic carbocycles. The van der Waals surface area contributed by atoms with Crippen LogP contribution in [0.25, 0.3) is 12.2 Å². The Morgan fingerprint density at radius 1 is 1.09 bits per heavy atom. The molecule has 0 aliphatic heterocycles. The number of benzene rings is 2. The van der Waals surface area contributed by atoms with Crippen LogP contribution in [0, 0.1) is 10.1 Å². The summed E-state index contributed by atoms with van der Waals surface area (Å²) in [6, 6.07) is 9.70. The molecular weight excluding hydrogens is 341 g/mol. The number of hydrogen-bond donors (Lipinski definition) is 0. The first-order chi connectivity index (χ1) is 10.9. The summed E-state index contributed by atoms with van der Waals surface area (Å²) in [4.78, 5) is 21.5. The van der Waals surface area contributed by atoms with E-state index in [4.69, 9.17) is 23.2 Å². The minimum atomic E-state index is -0.621. The van der Waals surface area contributed by atoms with E-state index >= 15 is 0 Å². The molecule has 2 aromatic carbocycles. The topological polar surface area (TPSA) is 69.4 Å². The normalized spacial score (nSPS) is 10.7. The van der Waals surface area contributed by atoms with Crippen LogP contribution in [0.2, 0.25) is 10.0 Å². The lowest BCUT2D eigenvalue weighted by Gasteiger charge is -2.01. The molecule has 0 aliphatic rings. The quantitative estimate of drug-likeness (QED) is 0.341. The fourth-order valence-electron chi connectivity index (χ4n) is 1.90. The molecule has 0 radical (unpaired) electrons. The summed E-state index contributed by atoms with van der Waals surface area (Å²) in [6.07, 6.45) is 3.49. The predicted molar refractivity (Wildman–Crippen MR) is 89.8 cm³/mol.